The molecule has 0 radical (unpaired) electrons. The minimum absolute atomic E-state index is 0.325. The summed E-state index contributed by atoms with van der Waals surface area (Å²) in [5.74, 6) is 1.31. The van der Waals surface area contributed by atoms with Gasteiger partial charge in [-0.1, -0.05) is 41.5 Å². The second-order valence-electron chi connectivity index (χ2n) is 6.88. The Hall–Kier alpha value is -0.740. The fraction of sp³-hybridized carbons (Fsp3) is 0.733. The van der Waals surface area contributed by atoms with E-state index in [0.29, 0.717) is 11.5 Å². The van der Waals surface area contributed by atoms with Crippen LogP contribution in [0.15, 0.2) is 5.38 Å². The molecule has 1 aromatic heterocycles. The molecular formula is C15H26O3S. The van der Waals surface area contributed by atoms with Crippen molar-refractivity contribution in [3.63, 3.8) is 0 Å². The Morgan fingerprint density at radius 2 is 1.42 bits per heavy atom. The molecule has 0 aromatic carbocycles. The van der Waals surface area contributed by atoms with Crippen LogP contribution < -0.4 is 9.47 Å². The highest BCUT2D eigenvalue weighted by Gasteiger charge is 2.53. The lowest BCUT2D eigenvalue weighted by atomic mass is 9.62. The highest BCUT2D eigenvalue weighted by Crippen LogP contribution is 2.57. The van der Waals surface area contributed by atoms with Crippen molar-refractivity contribution in [3.8, 4) is 11.5 Å². The minimum Gasteiger partial charge on any atom is -0.492 e. The fourth-order valence-electron chi connectivity index (χ4n) is 2.72. The van der Waals surface area contributed by atoms with Gasteiger partial charge in [0.2, 0.25) is 0 Å². The molecule has 0 amide bonds. The Labute approximate surface area is 120 Å². The molecule has 1 heterocycles. The van der Waals surface area contributed by atoms with Gasteiger partial charge in [-0.25, -0.2) is 0 Å². The van der Waals surface area contributed by atoms with Gasteiger partial charge in [-0.2, -0.15) is 0 Å². The number of hydrogen-bond donors (Lipinski definition) is 1. The molecule has 0 aliphatic heterocycles. The monoisotopic (exact) mass is 286 g/mol. The first kappa shape index (κ1) is 16.3. The van der Waals surface area contributed by atoms with Crippen molar-refractivity contribution in [3.05, 3.63) is 10.3 Å². The van der Waals surface area contributed by atoms with Gasteiger partial charge in [0, 0.05) is 5.38 Å². The molecule has 19 heavy (non-hydrogen) atoms. The SMILES string of the molecule is COc1csc(C(O)(C(C)(C)C)C(C)(C)C)c1OC. The predicted octanol–water partition coefficient (Wildman–Crippen LogP) is 4.05. The van der Waals surface area contributed by atoms with Crippen molar-refractivity contribution in [1.29, 1.82) is 0 Å². The van der Waals surface area contributed by atoms with Crippen molar-refractivity contribution < 1.29 is 14.6 Å². The highest BCUT2D eigenvalue weighted by molar-refractivity contribution is 7.10. The zero-order valence-corrected chi connectivity index (χ0v) is 14.1. The van der Waals surface area contributed by atoms with Gasteiger partial charge >= 0.3 is 0 Å². The molecule has 0 saturated heterocycles. The molecule has 1 aromatic rings. The molecule has 1 rings (SSSR count). The smallest absolute Gasteiger partial charge is 0.177 e. The Morgan fingerprint density at radius 1 is 0.947 bits per heavy atom. The summed E-state index contributed by atoms with van der Waals surface area (Å²) >= 11 is 1.49. The second-order valence-corrected chi connectivity index (χ2v) is 7.76. The van der Waals surface area contributed by atoms with E-state index in [2.05, 4.69) is 0 Å². The maximum absolute atomic E-state index is 11.5. The molecule has 0 spiro atoms. The number of methoxy groups -OCH3 is 2. The number of thiophene rings is 1. The molecule has 0 unspecified atom stereocenters. The van der Waals surface area contributed by atoms with Crippen LogP contribution in [-0.4, -0.2) is 19.3 Å². The van der Waals surface area contributed by atoms with Crippen LogP contribution in [0.4, 0.5) is 0 Å². The number of ether oxygens (including phenoxy) is 2. The maximum Gasteiger partial charge on any atom is 0.177 e. The summed E-state index contributed by atoms with van der Waals surface area (Å²) in [6, 6.07) is 0. The van der Waals surface area contributed by atoms with E-state index in [1.807, 2.05) is 46.9 Å². The van der Waals surface area contributed by atoms with Crippen LogP contribution in [0.2, 0.25) is 0 Å². The number of rotatable bonds is 3. The van der Waals surface area contributed by atoms with Crippen LogP contribution >= 0.6 is 11.3 Å². The van der Waals surface area contributed by atoms with E-state index in [-0.39, 0.29) is 10.8 Å². The van der Waals surface area contributed by atoms with Crippen LogP contribution in [0.3, 0.4) is 0 Å². The molecule has 0 bridgehead atoms. The molecule has 0 aliphatic rings. The largest absolute Gasteiger partial charge is 0.492 e. The van der Waals surface area contributed by atoms with Crippen LogP contribution in [0.1, 0.15) is 46.4 Å². The molecule has 0 fully saturated rings. The Bertz CT molecular complexity index is 421. The molecule has 0 atom stereocenters. The average molecular weight is 286 g/mol. The quantitative estimate of drug-likeness (QED) is 0.911. The van der Waals surface area contributed by atoms with Gasteiger partial charge in [0.25, 0.3) is 0 Å². The van der Waals surface area contributed by atoms with Crippen LogP contribution in [0.5, 0.6) is 11.5 Å². The third-order valence-corrected chi connectivity index (χ3v) is 4.69. The first-order valence-electron chi connectivity index (χ1n) is 6.43. The van der Waals surface area contributed by atoms with Crippen LogP contribution in [0.25, 0.3) is 0 Å². The summed E-state index contributed by atoms with van der Waals surface area (Å²) in [5.41, 5.74) is -1.66. The molecule has 0 saturated carbocycles. The Balaban J connectivity index is 3.57. The van der Waals surface area contributed by atoms with Gasteiger partial charge in [-0.3, -0.25) is 0 Å². The Kier molecular flexibility index (Phi) is 4.28. The van der Waals surface area contributed by atoms with E-state index in [1.54, 1.807) is 14.2 Å². The van der Waals surface area contributed by atoms with E-state index in [1.165, 1.54) is 11.3 Å². The van der Waals surface area contributed by atoms with E-state index < -0.39 is 5.60 Å². The van der Waals surface area contributed by atoms with E-state index >= 15 is 0 Å². The molecule has 1 N–H and O–H groups in total. The normalized spacial score (nSPS) is 13.5. The van der Waals surface area contributed by atoms with Gasteiger partial charge in [-0.15, -0.1) is 11.3 Å². The zero-order chi connectivity index (χ0) is 15.1. The topological polar surface area (TPSA) is 38.7 Å². The summed E-state index contributed by atoms with van der Waals surface area (Å²) in [4.78, 5) is 0.826. The predicted molar refractivity (Wildman–Crippen MR) is 80.2 cm³/mol. The van der Waals surface area contributed by atoms with Gasteiger partial charge in [0.1, 0.15) is 5.60 Å². The lowest BCUT2D eigenvalue weighted by molar-refractivity contribution is -0.143. The maximum atomic E-state index is 11.5. The summed E-state index contributed by atoms with van der Waals surface area (Å²) < 4.78 is 10.8. The van der Waals surface area contributed by atoms with Crippen molar-refractivity contribution >= 4 is 11.3 Å². The van der Waals surface area contributed by atoms with Gasteiger partial charge in [0.05, 0.1) is 19.1 Å². The van der Waals surface area contributed by atoms with Crippen LogP contribution in [-0.2, 0) is 5.60 Å². The second kappa shape index (κ2) is 4.98. The van der Waals surface area contributed by atoms with E-state index in [4.69, 9.17) is 9.47 Å². The summed E-state index contributed by atoms with van der Waals surface area (Å²) in [7, 11) is 3.22. The summed E-state index contributed by atoms with van der Waals surface area (Å²) in [6.45, 7) is 12.3. The Morgan fingerprint density at radius 3 is 1.74 bits per heavy atom. The third kappa shape index (κ3) is 2.48. The van der Waals surface area contributed by atoms with Crippen molar-refractivity contribution in [2.75, 3.05) is 14.2 Å². The van der Waals surface area contributed by atoms with E-state index in [0.717, 1.165) is 4.88 Å². The minimum atomic E-state index is -1.01. The zero-order valence-electron chi connectivity index (χ0n) is 13.2. The van der Waals surface area contributed by atoms with Gasteiger partial charge in [-0.05, 0) is 10.8 Å². The fourth-order valence-corrected chi connectivity index (χ4v) is 4.22. The lowest BCUT2D eigenvalue weighted by Gasteiger charge is -2.49. The van der Waals surface area contributed by atoms with Crippen molar-refractivity contribution in [2.24, 2.45) is 10.8 Å². The molecular weight excluding hydrogens is 260 g/mol. The summed E-state index contributed by atoms with van der Waals surface area (Å²) in [5, 5.41) is 13.3. The van der Waals surface area contributed by atoms with E-state index in [9.17, 15) is 5.11 Å². The first-order valence-corrected chi connectivity index (χ1v) is 7.31. The first-order chi connectivity index (χ1) is 8.50. The molecule has 4 heteroatoms. The molecule has 110 valence electrons. The average Bonchev–Trinajstić information content (AvgIpc) is 2.67. The molecule has 3 nitrogen and oxygen atoms in total. The van der Waals surface area contributed by atoms with Crippen molar-refractivity contribution in [1.82, 2.24) is 0 Å². The number of aliphatic hydroxyl groups is 1. The standard InChI is InChI=1S/C15H26O3S/c1-13(2,3)15(16,14(4,5)6)12-11(18-8)10(17-7)9-19-12/h9,16H,1-8H3. The van der Waals surface area contributed by atoms with Crippen molar-refractivity contribution in [2.45, 2.75) is 47.1 Å². The number of hydrogen-bond acceptors (Lipinski definition) is 4. The van der Waals surface area contributed by atoms with Crippen LogP contribution in [0, 0.1) is 10.8 Å². The third-order valence-electron chi connectivity index (χ3n) is 3.64. The lowest BCUT2D eigenvalue weighted by Crippen LogP contribution is -2.49. The highest BCUT2D eigenvalue weighted by atomic mass is 32.1. The molecule has 0 aliphatic carbocycles. The summed E-state index contributed by atoms with van der Waals surface area (Å²) in [6.07, 6.45) is 0. The van der Waals surface area contributed by atoms with Gasteiger partial charge < -0.3 is 14.6 Å². The van der Waals surface area contributed by atoms with Gasteiger partial charge in [0.15, 0.2) is 11.5 Å².